The van der Waals surface area contributed by atoms with Crippen LogP contribution >= 0.6 is 27.3 Å². The Morgan fingerprint density at radius 3 is 2.68 bits per heavy atom. The van der Waals surface area contributed by atoms with E-state index in [2.05, 4.69) is 20.7 Å². The van der Waals surface area contributed by atoms with Gasteiger partial charge in [0.15, 0.2) is 0 Å². The van der Waals surface area contributed by atoms with Crippen molar-refractivity contribution in [2.45, 2.75) is 29.9 Å². The Morgan fingerprint density at radius 2 is 2.21 bits per heavy atom. The van der Waals surface area contributed by atoms with E-state index in [4.69, 9.17) is 9.84 Å². The number of rotatable bonds is 5. The van der Waals surface area contributed by atoms with Crippen LogP contribution in [0.3, 0.4) is 0 Å². The summed E-state index contributed by atoms with van der Waals surface area (Å²) in [5, 5.41) is 8.85. The normalized spacial score (nSPS) is 23.1. The molecule has 1 heterocycles. The van der Waals surface area contributed by atoms with Gasteiger partial charge in [-0.15, -0.1) is 11.3 Å². The summed E-state index contributed by atoms with van der Waals surface area (Å²) in [7, 11) is -2.11. The molecule has 0 radical (unpaired) electrons. The summed E-state index contributed by atoms with van der Waals surface area (Å²) in [5.41, 5.74) is 0. The van der Waals surface area contributed by atoms with Gasteiger partial charge in [-0.1, -0.05) is 0 Å². The Balaban J connectivity index is 2.14. The fourth-order valence-corrected chi connectivity index (χ4v) is 5.44. The average molecular weight is 370 g/mol. The van der Waals surface area contributed by atoms with Crippen molar-refractivity contribution >= 4 is 43.3 Å². The van der Waals surface area contributed by atoms with E-state index in [1.165, 1.54) is 0 Å². The molecule has 19 heavy (non-hydrogen) atoms. The van der Waals surface area contributed by atoms with Gasteiger partial charge >= 0.3 is 5.97 Å². The number of ether oxygens (including phenoxy) is 1. The largest absolute Gasteiger partial charge is 0.477 e. The molecule has 0 atom stereocenters. The van der Waals surface area contributed by atoms with Crippen LogP contribution in [0.4, 0.5) is 0 Å². The fourth-order valence-electron chi connectivity index (χ4n) is 1.78. The highest BCUT2D eigenvalue weighted by Gasteiger charge is 2.34. The minimum Gasteiger partial charge on any atom is -0.477 e. The molecule has 0 aromatic carbocycles. The van der Waals surface area contributed by atoms with Gasteiger partial charge < -0.3 is 9.84 Å². The van der Waals surface area contributed by atoms with Gasteiger partial charge in [-0.25, -0.2) is 17.9 Å². The number of hydrogen-bond donors (Lipinski definition) is 2. The molecule has 0 aliphatic heterocycles. The number of aromatic carboxylic acids is 1. The fraction of sp³-hybridized carbons (Fsp3) is 0.500. The van der Waals surface area contributed by atoms with E-state index in [0.29, 0.717) is 16.6 Å². The Morgan fingerprint density at radius 1 is 1.58 bits per heavy atom. The van der Waals surface area contributed by atoms with Gasteiger partial charge in [-0.2, -0.15) is 0 Å². The minimum absolute atomic E-state index is 0.0179. The Hall–Kier alpha value is -0.480. The molecule has 6 nitrogen and oxygen atoms in total. The van der Waals surface area contributed by atoms with Crippen LogP contribution in [0.5, 0.6) is 0 Å². The second-order valence-corrected chi connectivity index (χ2v) is 8.25. The molecule has 0 bridgehead atoms. The molecule has 1 aromatic heterocycles. The zero-order chi connectivity index (χ0) is 14.2. The maximum atomic E-state index is 12.1. The summed E-state index contributed by atoms with van der Waals surface area (Å²) in [6.07, 6.45) is 1.35. The van der Waals surface area contributed by atoms with Crippen molar-refractivity contribution in [2.75, 3.05) is 7.11 Å². The van der Waals surface area contributed by atoms with Crippen molar-refractivity contribution in [3.8, 4) is 0 Å². The lowest BCUT2D eigenvalue weighted by Crippen LogP contribution is -2.47. The molecule has 9 heteroatoms. The molecular formula is C10H12BrNO5S2. The molecule has 2 rings (SSSR count). The van der Waals surface area contributed by atoms with E-state index >= 15 is 0 Å². The third kappa shape index (κ3) is 3.16. The number of carboxylic acid groups (broad SMARTS) is 1. The lowest BCUT2D eigenvalue weighted by molar-refractivity contribution is 0.0236. The minimum atomic E-state index is -3.70. The van der Waals surface area contributed by atoms with E-state index < -0.39 is 16.0 Å². The average Bonchev–Trinajstić information content (AvgIpc) is 2.66. The number of carboxylic acids is 1. The number of methoxy groups -OCH3 is 1. The number of carbonyl (C=O) groups is 1. The molecule has 1 fully saturated rings. The zero-order valence-electron chi connectivity index (χ0n) is 9.92. The predicted octanol–water partition coefficient (Wildman–Crippen LogP) is 1.66. The molecule has 106 valence electrons. The quantitative estimate of drug-likeness (QED) is 0.823. The third-order valence-electron chi connectivity index (χ3n) is 2.91. The van der Waals surface area contributed by atoms with Crippen molar-refractivity contribution in [1.82, 2.24) is 4.72 Å². The SMILES string of the molecule is COC1CC(NS(=O)(=O)c2cc(C(=O)O)sc2Br)C1. The summed E-state index contributed by atoms with van der Waals surface area (Å²) in [4.78, 5) is 10.8. The van der Waals surface area contributed by atoms with Crippen molar-refractivity contribution in [2.24, 2.45) is 0 Å². The molecular weight excluding hydrogens is 358 g/mol. The monoisotopic (exact) mass is 369 g/mol. The van der Waals surface area contributed by atoms with Crippen molar-refractivity contribution in [3.63, 3.8) is 0 Å². The first kappa shape index (κ1) is 14.9. The van der Waals surface area contributed by atoms with E-state index in [1.54, 1.807) is 7.11 Å². The van der Waals surface area contributed by atoms with Gasteiger partial charge in [-0.05, 0) is 34.8 Å². The summed E-state index contributed by atoms with van der Waals surface area (Å²) in [6.45, 7) is 0. The predicted molar refractivity (Wildman–Crippen MR) is 73.1 cm³/mol. The van der Waals surface area contributed by atoms with Crippen molar-refractivity contribution < 1.29 is 23.1 Å². The maximum absolute atomic E-state index is 12.1. The molecule has 0 amide bonds. The summed E-state index contributed by atoms with van der Waals surface area (Å²) in [6, 6.07) is 1.00. The highest BCUT2D eigenvalue weighted by atomic mass is 79.9. The summed E-state index contributed by atoms with van der Waals surface area (Å²) < 4.78 is 32.1. The second-order valence-electron chi connectivity index (χ2n) is 4.20. The van der Waals surface area contributed by atoms with E-state index in [1.807, 2.05) is 0 Å². The molecule has 0 spiro atoms. The van der Waals surface area contributed by atoms with Gasteiger partial charge in [-0.3, -0.25) is 0 Å². The molecule has 1 aliphatic carbocycles. The number of nitrogens with one attached hydrogen (secondary N) is 1. The van der Waals surface area contributed by atoms with Crippen LogP contribution < -0.4 is 4.72 Å². The third-order valence-corrected chi connectivity index (χ3v) is 6.67. The summed E-state index contributed by atoms with van der Waals surface area (Å²) in [5.74, 6) is -1.14. The Bertz CT molecular complexity index is 591. The van der Waals surface area contributed by atoms with Crippen LogP contribution in [0.1, 0.15) is 22.5 Å². The first-order valence-corrected chi connectivity index (χ1v) is 8.50. The molecule has 1 aliphatic rings. The molecule has 1 saturated carbocycles. The van der Waals surface area contributed by atoms with Crippen LogP contribution in [0.15, 0.2) is 14.7 Å². The van der Waals surface area contributed by atoms with Crippen LogP contribution in [-0.2, 0) is 14.8 Å². The standard InChI is InChI=1S/C10H12BrNO5S2/c1-17-6-2-5(3-6)12-19(15,16)8-4-7(10(13)14)18-9(8)11/h4-6,12H,2-3H2,1H3,(H,13,14). The van der Waals surface area contributed by atoms with Crippen LogP contribution in [0.2, 0.25) is 0 Å². The van der Waals surface area contributed by atoms with Crippen molar-refractivity contribution in [1.29, 1.82) is 0 Å². The van der Waals surface area contributed by atoms with Crippen LogP contribution in [-0.4, -0.2) is 38.7 Å². The van der Waals surface area contributed by atoms with E-state index in [9.17, 15) is 13.2 Å². The first-order valence-electron chi connectivity index (χ1n) is 5.41. The summed E-state index contributed by atoms with van der Waals surface area (Å²) >= 11 is 3.97. The van der Waals surface area contributed by atoms with Crippen molar-refractivity contribution in [3.05, 3.63) is 14.7 Å². The van der Waals surface area contributed by atoms with Gasteiger partial charge in [0.1, 0.15) is 9.77 Å². The van der Waals surface area contributed by atoms with Gasteiger partial charge in [0.2, 0.25) is 10.0 Å². The molecule has 0 unspecified atom stereocenters. The number of thiophene rings is 1. The lowest BCUT2D eigenvalue weighted by atomic mass is 9.90. The van der Waals surface area contributed by atoms with Gasteiger partial charge in [0, 0.05) is 13.2 Å². The zero-order valence-corrected chi connectivity index (χ0v) is 13.1. The maximum Gasteiger partial charge on any atom is 0.345 e. The number of sulfonamides is 1. The smallest absolute Gasteiger partial charge is 0.345 e. The van der Waals surface area contributed by atoms with E-state index in [0.717, 1.165) is 17.4 Å². The van der Waals surface area contributed by atoms with E-state index in [-0.39, 0.29) is 21.9 Å². The topological polar surface area (TPSA) is 92.7 Å². The number of halogens is 1. The highest BCUT2D eigenvalue weighted by Crippen LogP contribution is 2.33. The Labute approximate surface area is 123 Å². The molecule has 1 aromatic rings. The van der Waals surface area contributed by atoms with Crippen LogP contribution in [0, 0.1) is 0 Å². The van der Waals surface area contributed by atoms with Gasteiger partial charge in [0.25, 0.3) is 0 Å². The Kier molecular flexibility index (Phi) is 4.31. The first-order chi connectivity index (χ1) is 8.83. The molecule has 0 saturated heterocycles. The highest BCUT2D eigenvalue weighted by molar-refractivity contribution is 9.11. The lowest BCUT2D eigenvalue weighted by Gasteiger charge is -2.34. The van der Waals surface area contributed by atoms with Gasteiger partial charge in [0.05, 0.1) is 9.89 Å². The second kappa shape index (κ2) is 5.49. The van der Waals surface area contributed by atoms with Crippen LogP contribution in [0.25, 0.3) is 0 Å². The molecule has 2 N–H and O–H groups in total. The number of hydrogen-bond acceptors (Lipinski definition) is 5.